The smallest absolute Gasteiger partial charge is 0.306 e. The molecule has 7 heteroatoms. The van der Waals surface area contributed by atoms with Crippen LogP contribution in [0.3, 0.4) is 0 Å². The zero-order chi connectivity index (χ0) is 17.2. The molecule has 0 saturated carbocycles. The summed E-state index contributed by atoms with van der Waals surface area (Å²) in [7, 11) is 0. The van der Waals surface area contributed by atoms with Crippen LogP contribution in [-0.4, -0.2) is 15.4 Å². The van der Waals surface area contributed by atoms with E-state index in [9.17, 15) is 9.59 Å². The van der Waals surface area contributed by atoms with Gasteiger partial charge in [-0.2, -0.15) is 11.3 Å². The number of hydrogen-bond donors (Lipinski definition) is 0. The minimum absolute atomic E-state index is 0.0524. The maximum atomic E-state index is 12.4. The monoisotopic (exact) mass is 374 g/mol. The molecule has 4 rings (SSSR count). The lowest BCUT2D eigenvalue weighted by Gasteiger charge is -2.10. The Kier molecular flexibility index (Phi) is 4.67. The minimum Gasteiger partial charge on any atom is -0.459 e. The van der Waals surface area contributed by atoms with Crippen LogP contribution in [0.4, 0.5) is 0 Å². The summed E-state index contributed by atoms with van der Waals surface area (Å²) in [5.74, 6) is -0.265. The molecule has 0 amide bonds. The van der Waals surface area contributed by atoms with Crippen LogP contribution in [0.25, 0.3) is 4.96 Å². The molecule has 1 aliphatic rings. The van der Waals surface area contributed by atoms with E-state index in [0.29, 0.717) is 23.5 Å². The van der Waals surface area contributed by atoms with Gasteiger partial charge in [-0.3, -0.25) is 14.0 Å². The fourth-order valence-electron chi connectivity index (χ4n) is 3.12. The third kappa shape index (κ3) is 3.52. The number of thiazole rings is 1. The quantitative estimate of drug-likeness (QED) is 0.643. The first-order valence-corrected chi connectivity index (χ1v) is 10.2. The molecule has 0 radical (unpaired) electrons. The summed E-state index contributed by atoms with van der Waals surface area (Å²) in [5.41, 5.74) is 2.70. The number of aromatic nitrogens is 2. The predicted octanol–water partition coefficient (Wildman–Crippen LogP) is 3.37. The number of rotatable bonds is 5. The van der Waals surface area contributed by atoms with Gasteiger partial charge < -0.3 is 4.74 Å². The molecule has 0 saturated heterocycles. The first kappa shape index (κ1) is 16.5. The molecule has 25 heavy (non-hydrogen) atoms. The van der Waals surface area contributed by atoms with E-state index in [2.05, 4.69) is 4.98 Å². The molecule has 5 nitrogen and oxygen atoms in total. The van der Waals surface area contributed by atoms with Gasteiger partial charge in [0.05, 0.1) is 5.69 Å². The first-order chi connectivity index (χ1) is 12.2. The van der Waals surface area contributed by atoms with Crippen LogP contribution in [0.1, 0.15) is 41.1 Å². The van der Waals surface area contributed by atoms with Crippen LogP contribution < -0.4 is 5.56 Å². The summed E-state index contributed by atoms with van der Waals surface area (Å²) in [4.78, 5) is 30.8. The zero-order valence-corrected chi connectivity index (χ0v) is 15.3. The fraction of sp³-hybridized carbons (Fsp3) is 0.389. The highest BCUT2D eigenvalue weighted by molar-refractivity contribution is 7.17. The Morgan fingerprint density at radius 2 is 2.20 bits per heavy atom. The van der Waals surface area contributed by atoms with Crippen molar-refractivity contribution < 1.29 is 9.53 Å². The van der Waals surface area contributed by atoms with E-state index >= 15 is 0 Å². The van der Waals surface area contributed by atoms with Gasteiger partial charge in [-0.1, -0.05) is 0 Å². The van der Waals surface area contributed by atoms with Gasteiger partial charge in [0, 0.05) is 23.1 Å². The van der Waals surface area contributed by atoms with Gasteiger partial charge in [0.25, 0.3) is 5.56 Å². The number of nitrogens with zero attached hydrogens (tertiary/aromatic N) is 2. The molecule has 0 bridgehead atoms. The molecule has 3 aromatic heterocycles. The Balaban J connectivity index is 1.45. The van der Waals surface area contributed by atoms with Crippen molar-refractivity contribution in [3.05, 3.63) is 55.1 Å². The molecule has 0 aromatic carbocycles. The molecule has 0 atom stereocenters. The Morgan fingerprint density at radius 3 is 3.04 bits per heavy atom. The van der Waals surface area contributed by atoms with E-state index in [-0.39, 0.29) is 18.1 Å². The lowest BCUT2D eigenvalue weighted by atomic mass is 10.0. The topological polar surface area (TPSA) is 60.7 Å². The van der Waals surface area contributed by atoms with Gasteiger partial charge in [-0.25, -0.2) is 4.98 Å². The van der Waals surface area contributed by atoms with Crippen molar-refractivity contribution in [1.29, 1.82) is 0 Å². The Labute approximate surface area is 152 Å². The number of hydrogen-bond acceptors (Lipinski definition) is 6. The lowest BCUT2D eigenvalue weighted by molar-refractivity contribution is -0.145. The summed E-state index contributed by atoms with van der Waals surface area (Å²) in [6, 6.07) is 3.49. The van der Waals surface area contributed by atoms with Crippen molar-refractivity contribution in [3.8, 4) is 0 Å². The third-order valence-corrected chi connectivity index (χ3v) is 6.27. The van der Waals surface area contributed by atoms with Crippen LogP contribution in [0.5, 0.6) is 0 Å². The molecule has 130 valence electrons. The molecule has 1 aliphatic carbocycles. The molecular weight excluding hydrogens is 356 g/mol. The number of carbonyl (C=O) groups is 1. The largest absolute Gasteiger partial charge is 0.459 e. The van der Waals surface area contributed by atoms with E-state index in [1.165, 1.54) is 17.4 Å². The molecular formula is C18H18N2O3S2. The second-order valence-electron chi connectivity index (χ2n) is 6.18. The van der Waals surface area contributed by atoms with Crippen LogP contribution in [0.2, 0.25) is 0 Å². The number of fused-ring (bicyclic) bond motifs is 3. The third-order valence-electron chi connectivity index (χ3n) is 4.39. The fourth-order valence-corrected chi connectivity index (χ4v) is 5.06. The minimum atomic E-state index is -0.265. The van der Waals surface area contributed by atoms with E-state index in [4.69, 9.17) is 4.74 Å². The maximum absolute atomic E-state index is 12.4. The highest BCUT2D eigenvalue weighted by Gasteiger charge is 2.18. The second kappa shape index (κ2) is 7.09. The van der Waals surface area contributed by atoms with Crippen molar-refractivity contribution in [2.24, 2.45) is 0 Å². The van der Waals surface area contributed by atoms with Gasteiger partial charge in [0.15, 0.2) is 4.96 Å². The van der Waals surface area contributed by atoms with Gasteiger partial charge in [-0.05, 0) is 54.5 Å². The molecule has 3 aromatic rings. The molecule has 0 unspecified atom stereocenters. The standard InChI is InChI=1S/C18H18N2O3S2/c21-16-9-13(10-23-17(22)6-5-12-7-8-24-11-12)19-18-20(16)14-3-1-2-4-15(14)25-18/h7-9,11H,1-6,10H2. The normalized spacial score (nSPS) is 13.8. The highest BCUT2D eigenvalue weighted by Crippen LogP contribution is 2.28. The highest BCUT2D eigenvalue weighted by atomic mass is 32.1. The van der Waals surface area contributed by atoms with Crippen molar-refractivity contribution in [1.82, 2.24) is 9.38 Å². The maximum Gasteiger partial charge on any atom is 0.306 e. The number of ether oxygens (including phenoxy) is 1. The van der Waals surface area contributed by atoms with Crippen molar-refractivity contribution in [3.63, 3.8) is 0 Å². The number of carbonyl (C=O) groups excluding carboxylic acids is 1. The van der Waals surface area contributed by atoms with Gasteiger partial charge in [0.2, 0.25) is 0 Å². The second-order valence-corrected chi connectivity index (χ2v) is 8.02. The SMILES string of the molecule is O=C(CCc1ccsc1)OCc1cc(=O)n2c3c(sc2n1)CCCC3. The summed E-state index contributed by atoms with van der Waals surface area (Å²) >= 11 is 3.20. The molecule has 3 heterocycles. The van der Waals surface area contributed by atoms with Crippen LogP contribution in [0, 0.1) is 0 Å². The summed E-state index contributed by atoms with van der Waals surface area (Å²) in [5, 5.41) is 4.02. The molecule has 0 fully saturated rings. The van der Waals surface area contributed by atoms with Crippen molar-refractivity contribution in [2.45, 2.75) is 45.1 Å². The Hall–Kier alpha value is -1.99. The first-order valence-electron chi connectivity index (χ1n) is 8.40. The lowest BCUT2D eigenvalue weighted by Crippen LogP contribution is -2.18. The molecule has 0 aliphatic heterocycles. The van der Waals surface area contributed by atoms with E-state index in [0.717, 1.165) is 30.5 Å². The Bertz CT molecular complexity index is 957. The van der Waals surface area contributed by atoms with E-state index in [1.54, 1.807) is 27.1 Å². The van der Waals surface area contributed by atoms with E-state index in [1.807, 2.05) is 16.8 Å². The van der Waals surface area contributed by atoms with E-state index < -0.39 is 0 Å². The number of thiophene rings is 1. The van der Waals surface area contributed by atoms with Gasteiger partial charge in [-0.15, -0.1) is 11.3 Å². The number of esters is 1. The average Bonchev–Trinajstić information content (AvgIpc) is 3.25. The zero-order valence-electron chi connectivity index (χ0n) is 13.7. The van der Waals surface area contributed by atoms with Crippen LogP contribution in [-0.2, 0) is 35.4 Å². The van der Waals surface area contributed by atoms with Crippen molar-refractivity contribution in [2.75, 3.05) is 0 Å². The van der Waals surface area contributed by atoms with Crippen molar-refractivity contribution >= 4 is 33.6 Å². The average molecular weight is 374 g/mol. The number of aryl methyl sites for hydroxylation is 3. The van der Waals surface area contributed by atoms with Crippen LogP contribution in [0.15, 0.2) is 27.7 Å². The Morgan fingerprint density at radius 1 is 1.32 bits per heavy atom. The van der Waals surface area contributed by atoms with Gasteiger partial charge >= 0.3 is 5.97 Å². The van der Waals surface area contributed by atoms with Crippen LogP contribution >= 0.6 is 22.7 Å². The predicted molar refractivity (Wildman–Crippen MR) is 98.4 cm³/mol. The molecule has 0 N–H and O–H groups in total. The van der Waals surface area contributed by atoms with Gasteiger partial charge in [0.1, 0.15) is 6.61 Å². The summed E-state index contributed by atoms with van der Waals surface area (Å²) in [6.07, 6.45) is 5.27. The molecule has 0 spiro atoms. The summed E-state index contributed by atoms with van der Waals surface area (Å²) in [6.45, 7) is 0.0524. The summed E-state index contributed by atoms with van der Waals surface area (Å²) < 4.78 is 7.01.